The van der Waals surface area contributed by atoms with Crippen molar-refractivity contribution in [2.24, 2.45) is 0 Å². The van der Waals surface area contributed by atoms with Gasteiger partial charge in [0.2, 0.25) is 12.6 Å². The highest BCUT2D eigenvalue weighted by Gasteiger charge is 2.22. The summed E-state index contributed by atoms with van der Waals surface area (Å²) in [6.07, 6.45) is 2.37. The number of furan rings is 1. The fraction of sp³-hybridized carbons (Fsp3) is 0.130. The number of nitrogens with zero attached hydrogens (tertiary/aromatic N) is 1. The van der Waals surface area contributed by atoms with Crippen LogP contribution in [0.4, 0.5) is 5.13 Å². The second-order valence-corrected chi connectivity index (χ2v) is 7.73. The molecule has 0 saturated carbocycles. The molecule has 0 atom stereocenters. The van der Waals surface area contributed by atoms with Crippen LogP contribution in [0.2, 0.25) is 0 Å². The second kappa shape index (κ2) is 8.04. The van der Waals surface area contributed by atoms with Crippen molar-refractivity contribution in [3.05, 3.63) is 82.9 Å². The molecule has 1 N–H and O–H groups in total. The molecule has 2 aromatic heterocycles. The molecule has 150 valence electrons. The number of thiazole rings is 1. The van der Waals surface area contributed by atoms with Gasteiger partial charge in [0.25, 0.3) is 0 Å². The Hall–Kier alpha value is -3.58. The lowest BCUT2D eigenvalue weighted by molar-refractivity contribution is 0.104. The predicted octanol–water partition coefficient (Wildman–Crippen LogP) is 5.02. The summed E-state index contributed by atoms with van der Waals surface area (Å²) >= 11 is 1.34. The molecule has 0 spiro atoms. The molecule has 0 fully saturated rings. The zero-order valence-electron chi connectivity index (χ0n) is 16.0. The molecular formula is C23H18N2O4S. The summed E-state index contributed by atoms with van der Waals surface area (Å²) in [6.45, 7) is 0.938. The van der Waals surface area contributed by atoms with E-state index in [0.29, 0.717) is 33.6 Å². The van der Waals surface area contributed by atoms with Crippen molar-refractivity contribution in [2.75, 3.05) is 18.7 Å². The lowest BCUT2D eigenvalue weighted by atomic mass is 10.1. The van der Waals surface area contributed by atoms with E-state index in [9.17, 15) is 4.79 Å². The third-order valence-corrected chi connectivity index (χ3v) is 5.76. The fourth-order valence-electron chi connectivity index (χ4n) is 3.26. The minimum Gasteiger partial charge on any atom is -0.463 e. The number of benzene rings is 2. The first-order valence-corrected chi connectivity index (χ1v) is 10.4. The van der Waals surface area contributed by atoms with Crippen LogP contribution in [-0.4, -0.2) is 24.1 Å². The maximum Gasteiger partial charge on any atom is 0.231 e. The number of carbonyl (C=O) groups excluding carboxylic acids is 1. The van der Waals surface area contributed by atoms with Gasteiger partial charge in [0, 0.05) is 12.1 Å². The highest BCUT2D eigenvalue weighted by molar-refractivity contribution is 7.18. The standard InChI is InChI=1S/C23H18N2O4S/c26-21(16-5-2-1-3-6-16)22-20(18-7-4-12-27-18)25-23(30-22)24-11-10-15-8-9-17-19(13-15)29-14-28-17/h1-9,12-13H,10-11,14H2,(H,24,25). The van der Waals surface area contributed by atoms with Gasteiger partial charge in [0.05, 0.1) is 6.26 Å². The van der Waals surface area contributed by atoms with Crippen LogP contribution in [0.3, 0.4) is 0 Å². The molecule has 1 aliphatic heterocycles. The van der Waals surface area contributed by atoms with E-state index in [1.54, 1.807) is 24.5 Å². The van der Waals surface area contributed by atoms with Crippen molar-refractivity contribution in [1.82, 2.24) is 4.98 Å². The number of ketones is 1. The van der Waals surface area contributed by atoms with Crippen LogP contribution in [0.1, 0.15) is 20.8 Å². The Morgan fingerprint density at radius 3 is 2.73 bits per heavy atom. The summed E-state index contributed by atoms with van der Waals surface area (Å²) in [5.41, 5.74) is 2.32. The highest BCUT2D eigenvalue weighted by atomic mass is 32.1. The van der Waals surface area contributed by atoms with Crippen LogP contribution in [0.25, 0.3) is 11.5 Å². The minimum atomic E-state index is -0.0664. The van der Waals surface area contributed by atoms with E-state index in [2.05, 4.69) is 10.3 Å². The van der Waals surface area contributed by atoms with Gasteiger partial charge < -0.3 is 19.2 Å². The smallest absolute Gasteiger partial charge is 0.231 e. The van der Waals surface area contributed by atoms with Crippen LogP contribution in [-0.2, 0) is 6.42 Å². The molecule has 6 nitrogen and oxygen atoms in total. The summed E-state index contributed by atoms with van der Waals surface area (Å²) in [5, 5.41) is 4.01. The lowest BCUT2D eigenvalue weighted by Gasteiger charge is -2.04. The number of nitrogens with one attached hydrogen (secondary N) is 1. The normalized spacial score (nSPS) is 12.1. The number of carbonyl (C=O) groups is 1. The zero-order valence-corrected chi connectivity index (χ0v) is 16.8. The molecule has 4 aromatic rings. The van der Waals surface area contributed by atoms with E-state index >= 15 is 0 Å². The van der Waals surface area contributed by atoms with Crippen molar-refractivity contribution in [2.45, 2.75) is 6.42 Å². The Morgan fingerprint density at radius 1 is 1.03 bits per heavy atom. The quantitative estimate of drug-likeness (QED) is 0.425. The van der Waals surface area contributed by atoms with Gasteiger partial charge in [-0.3, -0.25) is 4.79 Å². The van der Waals surface area contributed by atoms with Gasteiger partial charge in [-0.1, -0.05) is 47.7 Å². The van der Waals surface area contributed by atoms with E-state index in [4.69, 9.17) is 13.9 Å². The van der Waals surface area contributed by atoms with Crippen molar-refractivity contribution >= 4 is 22.3 Å². The molecule has 0 aliphatic carbocycles. The largest absolute Gasteiger partial charge is 0.463 e. The molecule has 3 heterocycles. The summed E-state index contributed by atoms with van der Waals surface area (Å²) in [5.74, 6) is 2.06. The minimum absolute atomic E-state index is 0.0664. The van der Waals surface area contributed by atoms with Gasteiger partial charge in [-0.15, -0.1) is 0 Å². The third kappa shape index (κ3) is 3.67. The van der Waals surface area contributed by atoms with E-state index < -0.39 is 0 Å². The third-order valence-electron chi connectivity index (χ3n) is 4.75. The molecule has 1 aliphatic rings. The number of hydrogen-bond donors (Lipinski definition) is 1. The Kier molecular flexibility index (Phi) is 4.94. The summed E-state index contributed by atoms with van der Waals surface area (Å²) in [4.78, 5) is 18.2. The van der Waals surface area contributed by atoms with Crippen molar-refractivity contribution < 1.29 is 18.7 Å². The molecule has 7 heteroatoms. The predicted molar refractivity (Wildman–Crippen MR) is 114 cm³/mol. The van der Waals surface area contributed by atoms with E-state index in [1.165, 1.54) is 11.3 Å². The van der Waals surface area contributed by atoms with Crippen LogP contribution in [0.5, 0.6) is 11.5 Å². The molecule has 0 unspecified atom stereocenters. The van der Waals surface area contributed by atoms with Crippen LogP contribution >= 0.6 is 11.3 Å². The second-order valence-electron chi connectivity index (χ2n) is 6.73. The average molecular weight is 418 g/mol. The van der Waals surface area contributed by atoms with Gasteiger partial charge in [-0.05, 0) is 36.2 Å². The number of ether oxygens (including phenoxy) is 2. The molecular weight excluding hydrogens is 400 g/mol. The lowest BCUT2D eigenvalue weighted by Crippen LogP contribution is -2.04. The Morgan fingerprint density at radius 2 is 1.90 bits per heavy atom. The number of anilines is 1. The Balaban J connectivity index is 1.35. The maximum atomic E-state index is 13.1. The van der Waals surface area contributed by atoms with Gasteiger partial charge >= 0.3 is 0 Å². The molecule has 2 aromatic carbocycles. The topological polar surface area (TPSA) is 73.6 Å². The number of fused-ring (bicyclic) bond motifs is 1. The van der Waals surface area contributed by atoms with Crippen LogP contribution < -0.4 is 14.8 Å². The van der Waals surface area contributed by atoms with E-state index in [0.717, 1.165) is 23.5 Å². The average Bonchev–Trinajstić information content (AvgIpc) is 3.53. The molecule has 5 rings (SSSR count). The summed E-state index contributed by atoms with van der Waals surface area (Å²) < 4.78 is 16.3. The number of aromatic nitrogens is 1. The Labute approximate surface area is 177 Å². The summed E-state index contributed by atoms with van der Waals surface area (Å²) in [6, 6.07) is 18.7. The van der Waals surface area contributed by atoms with Crippen LogP contribution in [0, 0.1) is 0 Å². The maximum absolute atomic E-state index is 13.1. The van der Waals surface area contributed by atoms with Gasteiger partial charge in [-0.25, -0.2) is 4.98 Å². The highest BCUT2D eigenvalue weighted by Crippen LogP contribution is 2.34. The number of rotatable bonds is 7. The molecule has 0 saturated heterocycles. The van der Waals surface area contributed by atoms with Crippen LogP contribution in [0.15, 0.2) is 71.3 Å². The summed E-state index contributed by atoms with van der Waals surface area (Å²) in [7, 11) is 0. The van der Waals surface area contributed by atoms with E-state index in [-0.39, 0.29) is 12.6 Å². The first-order chi connectivity index (χ1) is 14.8. The van der Waals surface area contributed by atoms with Crippen molar-refractivity contribution in [3.8, 4) is 23.0 Å². The first kappa shape index (κ1) is 18.4. The molecule has 0 bridgehead atoms. The van der Waals surface area contributed by atoms with Gasteiger partial charge in [0.15, 0.2) is 22.4 Å². The monoisotopic (exact) mass is 418 g/mol. The van der Waals surface area contributed by atoms with Gasteiger partial charge in [-0.2, -0.15) is 0 Å². The molecule has 30 heavy (non-hydrogen) atoms. The Bertz CT molecular complexity index is 1170. The SMILES string of the molecule is O=C(c1ccccc1)c1sc(NCCc2ccc3c(c2)OCO3)nc1-c1ccco1. The molecule has 0 radical (unpaired) electrons. The van der Waals surface area contributed by atoms with Crippen molar-refractivity contribution in [3.63, 3.8) is 0 Å². The zero-order chi connectivity index (χ0) is 20.3. The van der Waals surface area contributed by atoms with Gasteiger partial charge in [0.1, 0.15) is 10.6 Å². The van der Waals surface area contributed by atoms with Crippen molar-refractivity contribution in [1.29, 1.82) is 0 Å². The first-order valence-electron chi connectivity index (χ1n) is 9.55. The van der Waals surface area contributed by atoms with E-state index in [1.807, 2.05) is 42.5 Å². The number of hydrogen-bond acceptors (Lipinski definition) is 7. The molecule has 0 amide bonds. The fourth-order valence-corrected chi connectivity index (χ4v) is 4.22.